The summed E-state index contributed by atoms with van der Waals surface area (Å²) in [6, 6.07) is 14.4. The molecule has 1 saturated heterocycles. The number of benzene rings is 2. The van der Waals surface area contributed by atoms with Gasteiger partial charge < -0.3 is 15.1 Å². The molecular formula is C25H27Cl2N7O. The van der Waals surface area contributed by atoms with Gasteiger partial charge in [-0.15, -0.1) is 35.0 Å². The quantitative estimate of drug-likeness (QED) is 0.453. The van der Waals surface area contributed by atoms with E-state index < -0.39 is 0 Å². The van der Waals surface area contributed by atoms with Crippen LogP contribution < -0.4 is 10.2 Å². The van der Waals surface area contributed by atoms with Gasteiger partial charge in [-0.1, -0.05) is 30.3 Å². The normalized spacial score (nSPS) is 15.9. The van der Waals surface area contributed by atoms with Crippen LogP contribution in [0.3, 0.4) is 0 Å². The van der Waals surface area contributed by atoms with Crippen molar-refractivity contribution in [3.8, 4) is 0 Å². The van der Waals surface area contributed by atoms with Gasteiger partial charge >= 0.3 is 0 Å². The minimum atomic E-state index is 0. The van der Waals surface area contributed by atoms with Crippen LogP contribution >= 0.6 is 24.8 Å². The number of aromatic nitrogens is 4. The predicted molar refractivity (Wildman–Crippen MR) is 143 cm³/mol. The second-order valence-electron chi connectivity index (χ2n) is 8.52. The van der Waals surface area contributed by atoms with Crippen molar-refractivity contribution in [2.75, 3.05) is 44.2 Å². The Bertz CT molecular complexity index is 1380. The third-order valence-corrected chi connectivity index (χ3v) is 6.58. The lowest BCUT2D eigenvalue weighted by molar-refractivity contribution is 0.0746. The molecule has 35 heavy (non-hydrogen) atoms. The Kier molecular flexibility index (Phi) is 7.54. The van der Waals surface area contributed by atoms with Crippen LogP contribution in [0.15, 0.2) is 61.1 Å². The van der Waals surface area contributed by atoms with Crippen LogP contribution in [0.4, 0.5) is 5.82 Å². The molecule has 182 valence electrons. The highest BCUT2D eigenvalue weighted by Gasteiger charge is 2.24. The van der Waals surface area contributed by atoms with Crippen LogP contribution in [-0.4, -0.2) is 69.7 Å². The molecule has 2 aromatic heterocycles. The third-order valence-electron chi connectivity index (χ3n) is 6.58. The topological polar surface area (TPSA) is 78.7 Å². The van der Waals surface area contributed by atoms with E-state index >= 15 is 0 Å². The predicted octanol–water partition coefficient (Wildman–Crippen LogP) is 3.46. The number of hydrogen-bond acceptors (Lipinski definition) is 6. The SMILES string of the molecule is Cl.Cl.O=C(c1ccc2c(C3=CCCNC3)cccc2c1)N1CCN(c2ccnc3nncn23)CC1. The summed E-state index contributed by atoms with van der Waals surface area (Å²) >= 11 is 0. The first kappa shape index (κ1) is 24.9. The Hall–Kier alpha value is -3.20. The van der Waals surface area contributed by atoms with Crippen LogP contribution in [0.2, 0.25) is 0 Å². The maximum atomic E-state index is 13.3. The van der Waals surface area contributed by atoms with Crippen molar-refractivity contribution in [3.05, 3.63) is 72.2 Å². The number of carbonyl (C=O) groups is 1. The van der Waals surface area contributed by atoms with E-state index in [1.165, 1.54) is 16.5 Å². The number of piperazine rings is 1. The highest BCUT2D eigenvalue weighted by atomic mass is 35.5. The summed E-state index contributed by atoms with van der Waals surface area (Å²) in [7, 11) is 0. The molecule has 4 aromatic rings. The molecule has 0 radical (unpaired) electrons. The van der Waals surface area contributed by atoms with Crippen LogP contribution in [0.25, 0.3) is 22.1 Å². The van der Waals surface area contributed by atoms with E-state index in [4.69, 9.17) is 0 Å². The minimum absolute atomic E-state index is 0. The highest BCUT2D eigenvalue weighted by molar-refractivity contribution is 6.01. The summed E-state index contributed by atoms with van der Waals surface area (Å²) < 4.78 is 1.88. The molecule has 0 saturated carbocycles. The monoisotopic (exact) mass is 511 g/mol. The van der Waals surface area contributed by atoms with E-state index in [-0.39, 0.29) is 30.7 Å². The van der Waals surface area contributed by atoms with Gasteiger partial charge in [0, 0.05) is 44.5 Å². The average Bonchev–Trinajstić information content (AvgIpc) is 3.37. The number of rotatable bonds is 3. The number of nitrogens with one attached hydrogen (secondary N) is 1. The second-order valence-corrected chi connectivity index (χ2v) is 8.52. The number of amides is 1. The van der Waals surface area contributed by atoms with Crippen LogP contribution in [0.5, 0.6) is 0 Å². The summed E-state index contributed by atoms with van der Waals surface area (Å²) in [4.78, 5) is 21.7. The zero-order valence-corrected chi connectivity index (χ0v) is 20.8. The minimum Gasteiger partial charge on any atom is -0.354 e. The van der Waals surface area contributed by atoms with Crippen molar-refractivity contribution in [1.29, 1.82) is 0 Å². The van der Waals surface area contributed by atoms with Crippen molar-refractivity contribution >= 4 is 58.7 Å². The second kappa shape index (κ2) is 10.6. The van der Waals surface area contributed by atoms with Gasteiger partial charge in [-0.25, -0.2) is 4.98 Å². The summed E-state index contributed by atoms with van der Waals surface area (Å²) in [6.45, 7) is 4.76. The molecule has 1 N–H and O–H groups in total. The van der Waals surface area contributed by atoms with Crippen LogP contribution in [0.1, 0.15) is 22.3 Å². The zero-order valence-electron chi connectivity index (χ0n) is 19.1. The molecule has 0 unspecified atom stereocenters. The lowest BCUT2D eigenvalue weighted by Crippen LogP contribution is -2.49. The lowest BCUT2D eigenvalue weighted by Gasteiger charge is -2.36. The largest absolute Gasteiger partial charge is 0.354 e. The molecule has 0 aliphatic carbocycles. The summed E-state index contributed by atoms with van der Waals surface area (Å²) in [6.07, 6.45) is 6.80. The number of nitrogens with zero attached hydrogens (tertiary/aromatic N) is 6. The van der Waals surface area contributed by atoms with Gasteiger partial charge in [-0.2, -0.15) is 0 Å². The van der Waals surface area contributed by atoms with E-state index in [2.05, 4.69) is 55.7 Å². The van der Waals surface area contributed by atoms with Crippen LogP contribution in [-0.2, 0) is 0 Å². The number of fused-ring (bicyclic) bond motifs is 2. The standard InChI is InChI=1S/C25H25N7O.2ClH/c33-24(31-13-11-30(12-14-31)23-8-10-27-25-29-28-17-32(23)25)19-6-7-22-18(15-19)3-1-5-21(22)20-4-2-9-26-16-20;;/h1,3-8,10,15,17,26H,2,9,11-14,16H2;2*1H. The van der Waals surface area contributed by atoms with Crippen molar-refractivity contribution < 1.29 is 4.79 Å². The van der Waals surface area contributed by atoms with Crippen LogP contribution in [0, 0.1) is 0 Å². The highest BCUT2D eigenvalue weighted by Crippen LogP contribution is 2.28. The number of halogens is 2. The molecule has 4 heterocycles. The molecule has 2 aliphatic rings. The fraction of sp³-hybridized carbons (Fsp3) is 0.280. The molecular weight excluding hydrogens is 485 g/mol. The van der Waals surface area contributed by atoms with E-state index in [0.29, 0.717) is 18.9 Å². The van der Waals surface area contributed by atoms with Gasteiger partial charge in [0.2, 0.25) is 0 Å². The van der Waals surface area contributed by atoms with Gasteiger partial charge in [0.15, 0.2) is 0 Å². The third kappa shape index (κ3) is 4.69. The van der Waals surface area contributed by atoms with E-state index in [0.717, 1.165) is 49.4 Å². The first-order chi connectivity index (χ1) is 16.3. The molecule has 0 spiro atoms. The van der Waals surface area contributed by atoms with Crippen molar-refractivity contribution in [2.45, 2.75) is 6.42 Å². The average molecular weight is 512 g/mol. The Morgan fingerprint density at radius 3 is 2.66 bits per heavy atom. The lowest BCUT2D eigenvalue weighted by atomic mass is 9.95. The van der Waals surface area contributed by atoms with Crippen molar-refractivity contribution in [1.82, 2.24) is 29.8 Å². The molecule has 2 aliphatic heterocycles. The summed E-state index contributed by atoms with van der Waals surface area (Å²) in [5.41, 5.74) is 3.33. The number of hydrogen-bond donors (Lipinski definition) is 1. The summed E-state index contributed by atoms with van der Waals surface area (Å²) in [5, 5.41) is 13.7. The van der Waals surface area contributed by atoms with Gasteiger partial charge in [-0.05, 0) is 53.1 Å². The zero-order chi connectivity index (χ0) is 22.2. The Morgan fingerprint density at radius 2 is 1.86 bits per heavy atom. The molecule has 0 atom stereocenters. The van der Waals surface area contributed by atoms with Crippen molar-refractivity contribution in [3.63, 3.8) is 0 Å². The maximum Gasteiger partial charge on any atom is 0.256 e. The molecule has 1 fully saturated rings. The molecule has 2 aromatic carbocycles. The van der Waals surface area contributed by atoms with E-state index in [1.54, 1.807) is 12.5 Å². The first-order valence-electron chi connectivity index (χ1n) is 11.4. The van der Waals surface area contributed by atoms with E-state index in [9.17, 15) is 4.79 Å². The van der Waals surface area contributed by atoms with Gasteiger partial charge in [-0.3, -0.25) is 9.20 Å². The Morgan fingerprint density at radius 1 is 1.00 bits per heavy atom. The number of anilines is 1. The van der Waals surface area contributed by atoms with E-state index in [1.807, 2.05) is 27.5 Å². The smallest absolute Gasteiger partial charge is 0.256 e. The molecule has 10 heteroatoms. The molecule has 0 bridgehead atoms. The Labute approximate surface area is 215 Å². The molecule has 8 nitrogen and oxygen atoms in total. The van der Waals surface area contributed by atoms with Crippen molar-refractivity contribution in [2.24, 2.45) is 0 Å². The number of carbonyl (C=O) groups excluding carboxylic acids is 1. The Balaban J connectivity index is 0.00000144. The summed E-state index contributed by atoms with van der Waals surface area (Å²) in [5.74, 6) is 1.67. The van der Waals surface area contributed by atoms with Gasteiger partial charge in [0.25, 0.3) is 11.7 Å². The maximum absolute atomic E-state index is 13.3. The fourth-order valence-corrected chi connectivity index (χ4v) is 4.85. The fourth-order valence-electron chi connectivity index (χ4n) is 4.85. The molecule has 6 rings (SSSR count). The van der Waals surface area contributed by atoms with Gasteiger partial charge in [0.1, 0.15) is 12.1 Å². The first-order valence-corrected chi connectivity index (χ1v) is 11.4. The van der Waals surface area contributed by atoms with Gasteiger partial charge in [0.05, 0.1) is 0 Å². The molecule has 1 amide bonds.